The topological polar surface area (TPSA) is 81.9 Å². The Labute approximate surface area is 99.7 Å². The van der Waals surface area contributed by atoms with E-state index in [1.165, 1.54) is 0 Å². The summed E-state index contributed by atoms with van der Waals surface area (Å²) in [5.41, 5.74) is 7.66. The molecule has 0 radical (unpaired) electrons. The van der Waals surface area contributed by atoms with Gasteiger partial charge in [0.05, 0.1) is 30.4 Å². The fraction of sp³-hybridized carbons (Fsp3) is 0.455. The van der Waals surface area contributed by atoms with Gasteiger partial charge in [-0.1, -0.05) is 0 Å². The molecule has 3 N–H and O–H groups in total. The number of imidazole rings is 1. The average molecular weight is 235 g/mol. The fourth-order valence-electron chi connectivity index (χ4n) is 1.75. The van der Waals surface area contributed by atoms with E-state index in [4.69, 9.17) is 10.8 Å². The predicted octanol–water partition coefficient (Wildman–Crippen LogP) is -0.149. The van der Waals surface area contributed by atoms with Gasteiger partial charge >= 0.3 is 0 Å². The molecule has 0 amide bonds. The highest BCUT2D eigenvalue weighted by Gasteiger charge is 2.10. The number of nitrogens with zero attached hydrogens (tertiary/aromatic N) is 4. The molecule has 92 valence electrons. The Morgan fingerprint density at radius 2 is 2.35 bits per heavy atom. The molecule has 0 saturated heterocycles. The van der Waals surface area contributed by atoms with Gasteiger partial charge in [-0.15, -0.1) is 0 Å². The summed E-state index contributed by atoms with van der Waals surface area (Å²) in [6.07, 6.45) is 6.17. The van der Waals surface area contributed by atoms with E-state index in [9.17, 15) is 0 Å². The van der Waals surface area contributed by atoms with Crippen molar-refractivity contribution in [1.29, 1.82) is 0 Å². The first kappa shape index (κ1) is 11.8. The molecular formula is C11H17N5O. The molecule has 0 bridgehead atoms. The lowest BCUT2D eigenvalue weighted by atomic mass is 10.2. The second-order valence-corrected chi connectivity index (χ2v) is 4.03. The lowest BCUT2D eigenvalue weighted by Crippen LogP contribution is -2.19. The quantitative estimate of drug-likeness (QED) is 0.755. The van der Waals surface area contributed by atoms with E-state index >= 15 is 0 Å². The Kier molecular flexibility index (Phi) is 3.55. The molecule has 0 aliphatic rings. The van der Waals surface area contributed by atoms with Gasteiger partial charge in [-0.3, -0.25) is 4.68 Å². The van der Waals surface area contributed by atoms with E-state index in [1.807, 2.05) is 23.9 Å². The third-order valence-electron chi connectivity index (χ3n) is 2.70. The lowest BCUT2D eigenvalue weighted by molar-refractivity contribution is 0.263. The molecule has 6 heteroatoms. The number of aliphatic hydroxyl groups excluding tert-OH is 1. The van der Waals surface area contributed by atoms with Crippen molar-refractivity contribution in [2.24, 2.45) is 12.8 Å². The highest BCUT2D eigenvalue weighted by molar-refractivity contribution is 5.06. The highest BCUT2D eigenvalue weighted by atomic mass is 16.3. The summed E-state index contributed by atoms with van der Waals surface area (Å²) < 4.78 is 3.74. The van der Waals surface area contributed by atoms with Crippen molar-refractivity contribution in [2.75, 3.05) is 6.61 Å². The molecule has 2 rings (SSSR count). The van der Waals surface area contributed by atoms with Crippen LogP contribution in [-0.2, 0) is 20.0 Å². The van der Waals surface area contributed by atoms with Crippen LogP contribution in [0.15, 0.2) is 24.8 Å². The molecule has 0 aliphatic carbocycles. The zero-order chi connectivity index (χ0) is 12.3. The maximum absolute atomic E-state index is 9.04. The highest BCUT2D eigenvalue weighted by Crippen LogP contribution is 2.10. The summed E-state index contributed by atoms with van der Waals surface area (Å²) in [5, 5.41) is 13.3. The van der Waals surface area contributed by atoms with Gasteiger partial charge in [0.2, 0.25) is 0 Å². The number of aryl methyl sites for hydroxylation is 3. The van der Waals surface area contributed by atoms with E-state index < -0.39 is 0 Å². The first-order valence-corrected chi connectivity index (χ1v) is 5.55. The van der Waals surface area contributed by atoms with Gasteiger partial charge in [0.1, 0.15) is 0 Å². The zero-order valence-corrected chi connectivity index (χ0v) is 9.82. The van der Waals surface area contributed by atoms with Crippen molar-refractivity contribution in [3.05, 3.63) is 36.2 Å². The molecule has 17 heavy (non-hydrogen) atoms. The summed E-state index contributed by atoms with van der Waals surface area (Å²) in [6.45, 7) is 0.690. The normalized spacial score (nSPS) is 12.9. The van der Waals surface area contributed by atoms with Crippen LogP contribution < -0.4 is 5.73 Å². The molecule has 2 aromatic heterocycles. The first-order chi connectivity index (χ1) is 8.20. The minimum Gasteiger partial charge on any atom is -0.394 e. The molecular weight excluding hydrogens is 218 g/mol. The van der Waals surface area contributed by atoms with Crippen LogP contribution in [0, 0.1) is 0 Å². The van der Waals surface area contributed by atoms with E-state index in [-0.39, 0.29) is 12.6 Å². The third kappa shape index (κ3) is 2.72. The number of hydrogen-bond donors (Lipinski definition) is 2. The second kappa shape index (κ2) is 5.11. The Balaban J connectivity index is 2.01. The number of hydrogen-bond acceptors (Lipinski definition) is 4. The minimum absolute atomic E-state index is 0.0741. The molecule has 2 heterocycles. The van der Waals surface area contributed by atoms with Crippen LogP contribution in [0.1, 0.15) is 17.4 Å². The molecule has 0 aromatic carbocycles. The average Bonchev–Trinajstić information content (AvgIpc) is 2.94. The molecule has 0 spiro atoms. The Morgan fingerprint density at radius 3 is 3.00 bits per heavy atom. The van der Waals surface area contributed by atoms with Crippen LogP contribution >= 0.6 is 0 Å². The monoisotopic (exact) mass is 235 g/mol. The fourth-order valence-corrected chi connectivity index (χ4v) is 1.75. The van der Waals surface area contributed by atoms with Gasteiger partial charge in [0.15, 0.2) is 0 Å². The van der Waals surface area contributed by atoms with Crippen LogP contribution in [0.4, 0.5) is 0 Å². The standard InChI is InChI=1S/C11H17N5O/c1-15-4-2-9(14-15)3-5-16-8-13-6-11(16)10(12)7-17/h2,4,6,8,10,17H,3,5,7,12H2,1H3. The van der Waals surface area contributed by atoms with E-state index in [1.54, 1.807) is 17.2 Å². The van der Waals surface area contributed by atoms with Crippen molar-refractivity contribution in [2.45, 2.75) is 19.0 Å². The van der Waals surface area contributed by atoms with Gasteiger partial charge in [0, 0.05) is 32.4 Å². The van der Waals surface area contributed by atoms with Crippen molar-refractivity contribution >= 4 is 0 Å². The molecule has 1 atom stereocenters. The minimum atomic E-state index is -0.374. The summed E-state index contributed by atoms with van der Waals surface area (Å²) in [7, 11) is 1.90. The number of aliphatic hydroxyl groups is 1. The van der Waals surface area contributed by atoms with Crippen LogP contribution in [-0.4, -0.2) is 31.0 Å². The van der Waals surface area contributed by atoms with Crippen LogP contribution in [0.3, 0.4) is 0 Å². The molecule has 0 fully saturated rings. The van der Waals surface area contributed by atoms with Crippen molar-refractivity contribution in [3.63, 3.8) is 0 Å². The number of nitrogens with two attached hydrogens (primary N) is 1. The third-order valence-corrected chi connectivity index (χ3v) is 2.70. The summed E-state index contributed by atoms with van der Waals surface area (Å²) >= 11 is 0. The van der Waals surface area contributed by atoms with Crippen molar-refractivity contribution in [1.82, 2.24) is 19.3 Å². The van der Waals surface area contributed by atoms with Crippen LogP contribution in [0.2, 0.25) is 0 Å². The Hall–Kier alpha value is -1.66. The zero-order valence-electron chi connectivity index (χ0n) is 9.82. The summed E-state index contributed by atoms with van der Waals surface area (Å²) in [6, 6.07) is 1.61. The predicted molar refractivity (Wildman–Crippen MR) is 63.2 cm³/mol. The molecule has 2 aromatic rings. The van der Waals surface area contributed by atoms with Crippen molar-refractivity contribution in [3.8, 4) is 0 Å². The van der Waals surface area contributed by atoms with Gasteiger partial charge < -0.3 is 15.4 Å². The van der Waals surface area contributed by atoms with Gasteiger partial charge in [0.25, 0.3) is 0 Å². The Morgan fingerprint density at radius 1 is 1.53 bits per heavy atom. The maximum Gasteiger partial charge on any atom is 0.0948 e. The number of aromatic nitrogens is 4. The van der Waals surface area contributed by atoms with Gasteiger partial charge in [-0.25, -0.2) is 4.98 Å². The number of rotatable bonds is 5. The van der Waals surface area contributed by atoms with Gasteiger partial charge in [-0.05, 0) is 6.07 Å². The largest absolute Gasteiger partial charge is 0.394 e. The maximum atomic E-state index is 9.04. The summed E-state index contributed by atoms with van der Waals surface area (Å²) in [5.74, 6) is 0. The van der Waals surface area contributed by atoms with Crippen LogP contribution in [0.5, 0.6) is 0 Å². The van der Waals surface area contributed by atoms with Gasteiger partial charge in [-0.2, -0.15) is 5.10 Å². The SMILES string of the molecule is Cn1ccc(CCn2cncc2C(N)CO)n1. The molecule has 0 aliphatic heterocycles. The molecule has 0 saturated carbocycles. The van der Waals surface area contributed by atoms with E-state index in [0.717, 1.165) is 24.4 Å². The smallest absolute Gasteiger partial charge is 0.0948 e. The van der Waals surface area contributed by atoms with E-state index in [0.29, 0.717) is 0 Å². The second-order valence-electron chi connectivity index (χ2n) is 4.03. The first-order valence-electron chi connectivity index (χ1n) is 5.55. The van der Waals surface area contributed by atoms with Crippen LogP contribution in [0.25, 0.3) is 0 Å². The lowest BCUT2D eigenvalue weighted by Gasteiger charge is -2.11. The van der Waals surface area contributed by atoms with Crippen molar-refractivity contribution < 1.29 is 5.11 Å². The summed E-state index contributed by atoms with van der Waals surface area (Å²) in [4.78, 5) is 4.05. The van der Waals surface area contributed by atoms with E-state index in [2.05, 4.69) is 10.1 Å². The molecule has 6 nitrogen and oxygen atoms in total. The Bertz CT molecular complexity index is 476. The molecule has 1 unspecified atom stereocenters.